The molecule has 0 fully saturated rings. The van der Waals surface area contributed by atoms with E-state index in [0.717, 1.165) is 27.8 Å². The van der Waals surface area contributed by atoms with Gasteiger partial charge in [-0.15, -0.1) is 0 Å². The largest absolute Gasteiger partial charge is 0.495 e. The summed E-state index contributed by atoms with van der Waals surface area (Å²) in [4.78, 5) is 26.4. The maximum Gasteiger partial charge on any atom is 0.238 e. The number of nitrogens with zero attached hydrogens (tertiary/aromatic N) is 1. The fraction of sp³-hybridized carbons (Fsp3) is 0.364. The van der Waals surface area contributed by atoms with Gasteiger partial charge in [0.2, 0.25) is 5.91 Å². The fourth-order valence-electron chi connectivity index (χ4n) is 3.55. The molecule has 0 atom stereocenters. The quantitative estimate of drug-likeness (QED) is 0.690. The molecule has 1 amide bonds. The SMILES string of the molecule is COc1ccc(Cl)cc1NC(=O)CN(C)Cc1c(C)cc(C)c(C(C)=O)c1C. The molecule has 0 heterocycles. The minimum Gasteiger partial charge on any atom is -0.495 e. The van der Waals surface area contributed by atoms with Gasteiger partial charge >= 0.3 is 0 Å². The van der Waals surface area contributed by atoms with Crippen molar-refractivity contribution < 1.29 is 14.3 Å². The Hall–Kier alpha value is -2.37. The van der Waals surface area contributed by atoms with Gasteiger partial charge in [-0.3, -0.25) is 14.5 Å². The third-order valence-corrected chi connectivity index (χ3v) is 5.00. The Bertz CT molecular complexity index is 909. The molecule has 150 valence electrons. The van der Waals surface area contributed by atoms with Gasteiger partial charge in [-0.25, -0.2) is 0 Å². The highest BCUT2D eigenvalue weighted by Crippen LogP contribution is 2.28. The van der Waals surface area contributed by atoms with E-state index < -0.39 is 0 Å². The minimum atomic E-state index is -0.169. The molecule has 0 aliphatic carbocycles. The average molecular weight is 403 g/mol. The lowest BCUT2D eigenvalue weighted by Gasteiger charge is -2.22. The third-order valence-electron chi connectivity index (χ3n) is 4.76. The second kappa shape index (κ2) is 9.22. The van der Waals surface area contributed by atoms with Gasteiger partial charge in [-0.2, -0.15) is 0 Å². The molecule has 0 aliphatic heterocycles. The third kappa shape index (κ3) is 5.12. The van der Waals surface area contributed by atoms with Crippen molar-refractivity contribution in [2.75, 3.05) is 26.0 Å². The van der Waals surface area contributed by atoms with Crippen molar-refractivity contribution in [3.8, 4) is 5.75 Å². The van der Waals surface area contributed by atoms with Crippen LogP contribution in [0.2, 0.25) is 5.02 Å². The van der Waals surface area contributed by atoms with Gasteiger partial charge < -0.3 is 10.1 Å². The number of aryl methyl sites for hydroxylation is 2. The number of nitrogens with one attached hydrogen (secondary N) is 1. The van der Waals surface area contributed by atoms with E-state index in [4.69, 9.17) is 16.3 Å². The van der Waals surface area contributed by atoms with E-state index in [2.05, 4.69) is 5.32 Å². The zero-order valence-electron chi connectivity index (χ0n) is 17.3. The van der Waals surface area contributed by atoms with Crippen LogP contribution in [-0.4, -0.2) is 37.3 Å². The van der Waals surface area contributed by atoms with Crippen LogP contribution in [0.5, 0.6) is 5.75 Å². The van der Waals surface area contributed by atoms with Gasteiger partial charge in [0.1, 0.15) is 5.75 Å². The van der Waals surface area contributed by atoms with Crippen LogP contribution in [0.15, 0.2) is 24.3 Å². The van der Waals surface area contributed by atoms with Crippen LogP contribution in [0.4, 0.5) is 5.69 Å². The Balaban J connectivity index is 2.13. The van der Waals surface area contributed by atoms with E-state index in [-0.39, 0.29) is 18.2 Å². The molecule has 0 saturated carbocycles. The van der Waals surface area contributed by atoms with Crippen molar-refractivity contribution in [2.45, 2.75) is 34.2 Å². The van der Waals surface area contributed by atoms with Crippen molar-refractivity contribution in [3.05, 3.63) is 57.1 Å². The molecule has 0 saturated heterocycles. The molecule has 2 rings (SSSR count). The maximum atomic E-state index is 12.5. The Morgan fingerprint density at radius 2 is 1.82 bits per heavy atom. The van der Waals surface area contributed by atoms with Crippen LogP contribution in [0.3, 0.4) is 0 Å². The number of ketones is 1. The number of anilines is 1. The van der Waals surface area contributed by atoms with Crippen molar-refractivity contribution in [1.82, 2.24) is 4.90 Å². The predicted molar refractivity (Wildman–Crippen MR) is 114 cm³/mol. The average Bonchev–Trinajstić information content (AvgIpc) is 2.58. The number of carbonyl (C=O) groups is 2. The predicted octanol–water partition coefficient (Wildman–Crippen LogP) is 4.55. The number of amides is 1. The van der Waals surface area contributed by atoms with Crippen LogP contribution >= 0.6 is 11.6 Å². The van der Waals surface area contributed by atoms with E-state index in [1.165, 1.54) is 0 Å². The molecule has 2 aromatic carbocycles. The molecular formula is C22H27ClN2O3. The summed E-state index contributed by atoms with van der Waals surface area (Å²) in [6.07, 6.45) is 0. The molecule has 0 radical (unpaired) electrons. The number of ether oxygens (including phenoxy) is 1. The van der Waals surface area contributed by atoms with Crippen LogP contribution < -0.4 is 10.1 Å². The molecule has 5 nitrogen and oxygen atoms in total. The zero-order chi connectivity index (χ0) is 21.0. The zero-order valence-corrected chi connectivity index (χ0v) is 18.0. The van der Waals surface area contributed by atoms with Crippen LogP contribution in [-0.2, 0) is 11.3 Å². The summed E-state index contributed by atoms with van der Waals surface area (Å²) in [5.41, 5.74) is 5.46. The molecule has 28 heavy (non-hydrogen) atoms. The molecule has 1 N–H and O–H groups in total. The van der Waals surface area contributed by atoms with Crippen molar-refractivity contribution >= 4 is 29.0 Å². The Labute approximate surface area is 171 Å². The number of carbonyl (C=O) groups excluding carboxylic acids is 2. The molecular weight excluding hydrogens is 376 g/mol. The molecule has 2 aromatic rings. The lowest BCUT2D eigenvalue weighted by atomic mass is 9.91. The molecule has 0 bridgehead atoms. The lowest BCUT2D eigenvalue weighted by Crippen LogP contribution is -2.30. The summed E-state index contributed by atoms with van der Waals surface area (Å²) in [6.45, 7) is 8.30. The summed E-state index contributed by atoms with van der Waals surface area (Å²) < 4.78 is 5.26. The Kier molecular flexibility index (Phi) is 7.22. The molecule has 0 spiro atoms. The summed E-state index contributed by atoms with van der Waals surface area (Å²) in [7, 11) is 3.42. The van der Waals surface area contributed by atoms with E-state index in [1.807, 2.05) is 38.8 Å². The second-order valence-electron chi connectivity index (χ2n) is 7.11. The van der Waals surface area contributed by atoms with Gasteiger partial charge in [0.25, 0.3) is 0 Å². The van der Waals surface area contributed by atoms with Crippen molar-refractivity contribution in [1.29, 1.82) is 0 Å². The summed E-state index contributed by atoms with van der Waals surface area (Å²) in [5.74, 6) is 0.443. The van der Waals surface area contributed by atoms with Gasteiger partial charge in [-0.1, -0.05) is 17.7 Å². The fourth-order valence-corrected chi connectivity index (χ4v) is 3.72. The highest BCUT2D eigenvalue weighted by molar-refractivity contribution is 6.31. The molecule has 0 aromatic heterocycles. The van der Waals surface area contributed by atoms with E-state index in [9.17, 15) is 9.59 Å². The second-order valence-corrected chi connectivity index (χ2v) is 7.55. The monoisotopic (exact) mass is 402 g/mol. The summed E-state index contributed by atoms with van der Waals surface area (Å²) >= 11 is 6.01. The first-order valence-corrected chi connectivity index (χ1v) is 9.44. The highest BCUT2D eigenvalue weighted by atomic mass is 35.5. The van der Waals surface area contributed by atoms with Gasteiger partial charge in [-0.05, 0) is 75.2 Å². The van der Waals surface area contributed by atoms with Crippen LogP contribution in [0.25, 0.3) is 0 Å². The summed E-state index contributed by atoms with van der Waals surface area (Å²) in [6, 6.07) is 7.11. The Morgan fingerprint density at radius 3 is 2.43 bits per heavy atom. The van der Waals surface area contributed by atoms with E-state index in [1.54, 1.807) is 32.2 Å². The first kappa shape index (κ1) is 21.9. The molecule has 6 heteroatoms. The van der Waals surface area contributed by atoms with Crippen LogP contribution in [0.1, 0.15) is 39.5 Å². The number of benzene rings is 2. The number of methoxy groups -OCH3 is 1. The van der Waals surface area contributed by atoms with E-state index >= 15 is 0 Å². The first-order chi connectivity index (χ1) is 13.1. The van der Waals surface area contributed by atoms with Gasteiger partial charge in [0, 0.05) is 17.1 Å². The standard InChI is InChI=1S/C22H27ClN2O3/c1-13-9-14(2)22(16(4)26)15(3)18(13)11-25(5)12-21(27)24-19-10-17(23)7-8-20(19)28-6/h7-10H,11-12H2,1-6H3,(H,24,27). The first-order valence-electron chi connectivity index (χ1n) is 9.06. The Morgan fingerprint density at radius 1 is 1.14 bits per heavy atom. The number of rotatable bonds is 7. The van der Waals surface area contributed by atoms with E-state index in [0.29, 0.717) is 23.0 Å². The number of hydrogen-bond acceptors (Lipinski definition) is 4. The molecule has 0 unspecified atom stereocenters. The highest BCUT2D eigenvalue weighted by Gasteiger charge is 2.17. The van der Waals surface area contributed by atoms with Gasteiger partial charge in [0.05, 0.1) is 19.3 Å². The van der Waals surface area contributed by atoms with Gasteiger partial charge in [0.15, 0.2) is 5.78 Å². The summed E-state index contributed by atoms with van der Waals surface area (Å²) in [5, 5.41) is 3.36. The lowest BCUT2D eigenvalue weighted by molar-refractivity contribution is -0.117. The number of Topliss-reactive ketones (excluding diaryl/α,β-unsaturated/α-hetero) is 1. The molecule has 0 aliphatic rings. The topological polar surface area (TPSA) is 58.6 Å². The minimum absolute atomic E-state index is 0.0599. The smallest absolute Gasteiger partial charge is 0.238 e. The number of likely N-dealkylation sites (N-methyl/N-ethyl adjacent to an activating group) is 1. The van der Waals surface area contributed by atoms with Crippen LogP contribution in [0, 0.1) is 20.8 Å². The van der Waals surface area contributed by atoms with Crippen molar-refractivity contribution in [3.63, 3.8) is 0 Å². The van der Waals surface area contributed by atoms with Crippen molar-refractivity contribution in [2.24, 2.45) is 0 Å². The number of halogens is 1. The number of hydrogen-bond donors (Lipinski definition) is 1. The maximum absolute atomic E-state index is 12.5. The normalized spacial score (nSPS) is 10.9.